The predicted octanol–water partition coefficient (Wildman–Crippen LogP) is -1.74. The second-order valence-electron chi connectivity index (χ2n) is 6.10. The van der Waals surface area contributed by atoms with Crippen molar-refractivity contribution in [2.45, 2.75) is 13.0 Å². The highest BCUT2D eigenvalue weighted by atomic mass is 32.1. The first-order chi connectivity index (χ1) is 10.6. The van der Waals surface area contributed by atoms with Gasteiger partial charge in [-0.05, 0) is 24.4 Å². The Morgan fingerprint density at radius 2 is 2.14 bits per heavy atom. The number of H-pyrrole nitrogens is 1. The van der Waals surface area contributed by atoms with Gasteiger partial charge in [-0.1, -0.05) is 0 Å². The minimum Gasteiger partial charge on any atom is -0.328 e. The average Bonchev–Trinajstić information content (AvgIpc) is 2.52. The molecule has 6 nitrogen and oxygen atoms in total. The third kappa shape index (κ3) is 3.26. The summed E-state index contributed by atoms with van der Waals surface area (Å²) in [6.45, 7) is 6.67. The van der Waals surface area contributed by atoms with Gasteiger partial charge in [0, 0.05) is 19.2 Å². The Balaban J connectivity index is 1.69. The first kappa shape index (κ1) is 15.3. The van der Waals surface area contributed by atoms with Crippen LogP contribution in [0, 0.1) is 4.77 Å². The number of pyridine rings is 1. The first-order valence-electron chi connectivity index (χ1n) is 7.88. The maximum absolute atomic E-state index is 12.5. The fourth-order valence-corrected chi connectivity index (χ4v) is 3.33. The SMILES string of the molecule is C[NH+]1CC[NH+](CCCn2c(=S)[nH]c3ncccc3c2=O)CC1. The standard InChI is InChI=1S/C15H21N5OS/c1-18-8-10-19(11-9-18)6-3-7-20-14(21)12-4-2-5-16-13(12)17-15(20)22/h2,4-5H,3,6-11H2,1H3,(H,16,17,22)/p+2. The summed E-state index contributed by atoms with van der Waals surface area (Å²) >= 11 is 5.31. The van der Waals surface area contributed by atoms with Gasteiger partial charge in [-0.3, -0.25) is 9.36 Å². The zero-order valence-electron chi connectivity index (χ0n) is 12.9. The zero-order chi connectivity index (χ0) is 15.5. The molecule has 0 bridgehead atoms. The molecule has 1 saturated heterocycles. The Morgan fingerprint density at radius 3 is 2.91 bits per heavy atom. The van der Waals surface area contributed by atoms with Crippen LogP contribution in [0.1, 0.15) is 6.42 Å². The van der Waals surface area contributed by atoms with Crippen molar-refractivity contribution in [1.82, 2.24) is 14.5 Å². The van der Waals surface area contributed by atoms with E-state index in [1.807, 2.05) is 0 Å². The molecule has 118 valence electrons. The van der Waals surface area contributed by atoms with Crippen LogP contribution in [0.4, 0.5) is 0 Å². The van der Waals surface area contributed by atoms with Gasteiger partial charge >= 0.3 is 0 Å². The van der Waals surface area contributed by atoms with Crippen molar-refractivity contribution < 1.29 is 9.80 Å². The molecule has 1 aliphatic heterocycles. The van der Waals surface area contributed by atoms with Gasteiger partial charge in [0.25, 0.3) is 5.56 Å². The van der Waals surface area contributed by atoms with Crippen LogP contribution in [0.2, 0.25) is 0 Å². The topological polar surface area (TPSA) is 59.6 Å². The molecule has 3 rings (SSSR count). The zero-order valence-corrected chi connectivity index (χ0v) is 13.7. The van der Waals surface area contributed by atoms with Gasteiger partial charge in [-0.15, -0.1) is 0 Å². The van der Waals surface area contributed by atoms with E-state index in [2.05, 4.69) is 17.0 Å². The summed E-state index contributed by atoms with van der Waals surface area (Å²) in [5, 5.41) is 0.603. The van der Waals surface area contributed by atoms with Gasteiger partial charge in [-0.2, -0.15) is 0 Å². The third-order valence-corrected chi connectivity index (χ3v) is 4.80. The Labute approximate surface area is 134 Å². The Hall–Kier alpha value is -1.57. The number of nitrogens with zero attached hydrogens (tertiary/aromatic N) is 2. The minimum absolute atomic E-state index is 0.0373. The predicted molar refractivity (Wildman–Crippen MR) is 88.0 cm³/mol. The van der Waals surface area contributed by atoms with Gasteiger partial charge in [0.2, 0.25) is 0 Å². The fraction of sp³-hybridized carbons (Fsp3) is 0.533. The second kappa shape index (κ2) is 6.68. The van der Waals surface area contributed by atoms with Crippen LogP contribution in [0.15, 0.2) is 23.1 Å². The molecule has 0 aromatic carbocycles. The lowest BCUT2D eigenvalue weighted by atomic mass is 10.3. The average molecular weight is 321 g/mol. The number of hydrogen-bond acceptors (Lipinski definition) is 3. The van der Waals surface area contributed by atoms with Crippen molar-refractivity contribution in [2.24, 2.45) is 0 Å². The number of nitrogens with one attached hydrogen (secondary N) is 3. The molecule has 1 fully saturated rings. The number of rotatable bonds is 4. The summed E-state index contributed by atoms with van der Waals surface area (Å²) in [6, 6.07) is 3.57. The number of quaternary nitrogens is 2. The lowest BCUT2D eigenvalue weighted by molar-refractivity contribution is -1.00. The number of hydrogen-bond donors (Lipinski definition) is 3. The summed E-state index contributed by atoms with van der Waals surface area (Å²) in [5.41, 5.74) is 0.533. The van der Waals surface area contributed by atoms with E-state index >= 15 is 0 Å². The fourth-order valence-electron chi connectivity index (χ4n) is 3.05. The normalized spacial score (nSPS) is 22.0. The van der Waals surface area contributed by atoms with Crippen LogP contribution in [-0.4, -0.2) is 54.3 Å². The number of piperazine rings is 1. The largest absolute Gasteiger partial charge is 0.328 e. The van der Waals surface area contributed by atoms with Gasteiger partial charge in [0.15, 0.2) is 4.77 Å². The van der Waals surface area contributed by atoms with E-state index in [-0.39, 0.29) is 5.56 Å². The van der Waals surface area contributed by atoms with Crippen LogP contribution in [-0.2, 0) is 6.54 Å². The van der Waals surface area contributed by atoms with Crippen LogP contribution in [0.25, 0.3) is 11.0 Å². The van der Waals surface area contributed by atoms with Crippen molar-refractivity contribution in [3.05, 3.63) is 33.5 Å². The number of fused-ring (bicyclic) bond motifs is 1. The molecular formula is C15H23N5OS+2. The molecule has 0 saturated carbocycles. The monoisotopic (exact) mass is 321 g/mol. The molecule has 7 heteroatoms. The molecule has 3 N–H and O–H groups in total. The van der Waals surface area contributed by atoms with E-state index in [0.29, 0.717) is 22.3 Å². The van der Waals surface area contributed by atoms with Gasteiger partial charge < -0.3 is 14.8 Å². The molecule has 2 aromatic heterocycles. The van der Waals surface area contributed by atoms with Crippen LogP contribution >= 0.6 is 12.2 Å². The molecule has 0 atom stereocenters. The molecule has 0 spiro atoms. The minimum atomic E-state index is -0.0373. The maximum atomic E-state index is 12.5. The quantitative estimate of drug-likeness (QED) is 0.586. The van der Waals surface area contributed by atoms with Crippen LogP contribution in [0.3, 0.4) is 0 Å². The molecule has 0 unspecified atom stereocenters. The van der Waals surface area contributed by atoms with Crippen molar-refractivity contribution in [2.75, 3.05) is 39.8 Å². The Bertz CT molecular complexity index is 760. The van der Waals surface area contributed by atoms with E-state index in [0.717, 1.165) is 13.0 Å². The van der Waals surface area contributed by atoms with Crippen molar-refractivity contribution in [1.29, 1.82) is 0 Å². The summed E-state index contributed by atoms with van der Waals surface area (Å²) in [6.07, 6.45) is 2.63. The number of aromatic nitrogens is 3. The first-order valence-corrected chi connectivity index (χ1v) is 8.28. The molecule has 0 radical (unpaired) electrons. The van der Waals surface area contributed by atoms with E-state index in [1.165, 1.54) is 26.2 Å². The highest BCUT2D eigenvalue weighted by Gasteiger charge is 2.19. The highest BCUT2D eigenvalue weighted by molar-refractivity contribution is 7.71. The van der Waals surface area contributed by atoms with Gasteiger partial charge in [-0.25, -0.2) is 4.98 Å². The summed E-state index contributed by atoms with van der Waals surface area (Å²) < 4.78 is 2.13. The van der Waals surface area contributed by atoms with E-state index in [4.69, 9.17) is 12.2 Å². The molecule has 0 amide bonds. The van der Waals surface area contributed by atoms with Gasteiger partial charge in [0.05, 0.1) is 19.0 Å². The van der Waals surface area contributed by atoms with Crippen molar-refractivity contribution in [3.8, 4) is 0 Å². The molecule has 0 aliphatic carbocycles. The molecule has 3 heterocycles. The van der Waals surface area contributed by atoms with Crippen LogP contribution in [0.5, 0.6) is 0 Å². The highest BCUT2D eigenvalue weighted by Crippen LogP contribution is 2.02. The Kier molecular flexibility index (Phi) is 4.66. The summed E-state index contributed by atoms with van der Waals surface area (Å²) in [4.78, 5) is 23.0. The molecular weight excluding hydrogens is 298 g/mol. The molecule has 2 aromatic rings. The summed E-state index contributed by atoms with van der Waals surface area (Å²) in [7, 11) is 2.25. The number of aromatic amines is 1. The lowest BCUT2D eigenvalue weighted by Gasteiger charge is -2.27. The number of likely N-dealkylation sites (N-methyl/N-ethyl adjacent to an activating group) is 1. The lowest BCUT2D eigenvalue weighted by Crippen LogP contribution is -3.27. The van der Waals surface area contributed by atoms with E-state index < -0.39 is 0 Å². The second-order valence-corrected chi connectivity index (χ2v) is 6.48. The van der Waals surface area contributed by atoms with E-state index in [1.54, 1.807) is 32.7 Å². The molecule has 22 heavy (non-hydrogen) atoms. The third-order valence-electron chi connectivity index (χ3n) is 4.48. The summed E-state index contributed by atoms with van der Waals surface area (Å²) in [5.74, 6) is 0. The smallest absolute Gasteiger partial charge is 0.263 e. The van der Waals surface area contributed by atoms with Crippen LogP contribution < -0.4 is 15.4 Å². The van der Waals surface area contributed by atoms with E-state index in [9.17, 15) is 4.79 Å². The van der Waals surface area contributed by atoms with Gasteiger partial charge in [0.1, 0.15) is 31.8 Å². The van der Waals surface area contributed by atoms with Crippen molar-refractivity contribution >= 4 is 23.3 Å². The maximum Gasteiger partial charge on any atom is 0.263 e. The molecule has 1 aliphatic rings. The Morgan fingerprint density at radius 1 is 1.36 bits per heavy atom. The van der Waals surface area contributed by atoms with Crippen molar-refractivity contribution in [3.63, 3.8) is 0 Å².